The lowest BCUT2D eigenvalue weighted by atomic mass is 10.2. The van der Waals surface area contributed by atoms with Gasteiger partial charge in [-0.15, -0.1) is 11.3 Å². The van der Waals surface area contributed by atoms with Gasteiger partial charge in [0, 0.05) is 23.0 Å². The molecule has 2 rings (SSSR count). The molecule has 2 aromatic rings. The molecule has 26 heavy (non-hydrogen) atoms. The molecule has 0 atom stereocenters. The number of nitrogens with zero attached hydrogens (tertiary/aromatic N) is 1. The van der Waals surface area contributed by atoms with Crippen LogP contribution in [-0.4, -0.2) is 33.2 Å². The molecule has 2 heterocycles. The number of aryl methyl sites for hydroxylation is 2. The fraction of sp³-hybridized carbons (Fsp3) is 0.235. The summed E-state index contributed by atoms with van der Waals surface area (Å²) in [6.45, 7) is 3.19. The Morgan fingerprint density at radius 1 is 1.42 bits per heavy atom. The molecule has 3 N–H and O–H groups in total. The van der Waals surface area contributed by atoms with Crippen molar-refractivity contribution < 1.29 is 19.8 Å². The maximum Gasteiger partial charge on any atom is 0.322 e. The van der Waals surface area contributed by atoms with Crippen molar-refractivity contribution in [1.29, 1.82) is 0 Å². The number of aliphatic carboxylic acids is 1. The molecule has 1 amide bonds. The van der Waals surface area contributed by atoms with Crippen LogP contribution >= 0.6 is 23.1 Å². The van der Waals surface area contributed by atoms with Gasteiger partial charge in [-0.1, -0.05) is 17.8 Å². The average molecular weight is 394 g/mol. The number of aromatic nitrogens is 1. The van der Waals surface area contributed by atoms with E-state index in [1.165, 1.54) is 29.6 Å². The highest BCUT2D eigenvalue weighted by Gasteiger charge is 2.22. The molecule has 0 aliphatic carbocycles. The third-order valence-corrected chi connectivity index (χ3v) is 5.87. The summed E-state index contributed by atoms with van der Waals surface area (Å²) in [6, 6.07) is 1.98. The molecular weight excluding hydrogens is 376 g/mol. The second-order valence-electron chi connectivity index (χ2n) is 5.40. The van der Waals surface area contributed by atoms with Crippen molar-refractivity contribution in [2.45, 2.75) is 18.7 Å². The maximum absolute atomic E-state index is 12.2. The minimum absolute atomic E-state index is 0.327. The number of carbonyl (C=O) groups excluding carboxylic acids is 1. The first-order chi connectivity index (χ1) is 12.3. The number of nitrogens with one attached hydrogen (secondary N) is 1. The third-order valence-electron chi connectivity index (χ3n) is 3.51. The molecule has 0 unspecified atom stereocenters. The van der Waals surface area contributed by atoms with Crippen LogP contribution in [-0.2, 0) is 11.8 Å². The molecule has 0 saturated heterocycles. The first-order valence-electron chi connectivity index (χ1n) is 7.57. The number of aromatic hydroxyl groups is 1. The third kappa shape index (κ3) is 4.17. The summed E-state index contributed by atoms with van der Waals surface area (Å²) in [7, 11) is 1.46. The number of rotatable bonds is 6. The number of carboxylic acids is 1. The molecule has 138 valence electrons. The molecule has 0 aliphatic rings. The van der Waals surface area contributed by atoms with Gasteiger partial charge in [-0.2, -0.15) is 0 Å². The van der Waals surface area contributed by atoms with Crippen LogP contribution in [0, 0.1) is 6.92 Å². The Morgan fingerprint density at radius 2 is 2.12 bits per heavy atom. The summed E-state index contributed by atoms with van der Waals surface area (Å²) < 4.78 is 1.19. The van der Waals surface area contributed by atoms with Gasteiger partial charge in [0.15, 0.2) is 0 Å². The van der Waals surface area contributed by atoms with Crippen LogP contribution in [0.5, 0.6) is 5.75 Å². The zero-order chi connectivity index (χ0) is 19.4. The van der Waals surface area contributed by atoms with Gasteiger partial charge < -0.3 is 20.1 Å². The lowest BCUT2D eigenvalue weighted by molar-refractivity contribution is -0.135. The molecule has 2 aromatic heterocycles. The van der Waals surface area contributed by atoms with Crippen LogP contribution in [0.25, 0.3) is 4.91 Å². The van der Waals surface area contributed by atoms with Gasteiger partial charge in [-0.05, 0) is 30.9 Å². The molecule has 0 fully saturated rings. The Balaban J connectivity index is 2.44. The molecule has 0 radical (unpaired) electrons. The molecule has 9 heteroatoms. The van der Waals surface area contributed by atoms with Crippen molar-refractivity contribution in [1.82, 2.24) is 9.88 Å². The van der Waals surface area contributed by atoms with Crippen molar-refractivity contribution >= 4 is 39.9 Å². The van der Waals surface area contributed by atoms with Gasteiger partial charge in [0.2, 0.25) is 0 Å². The normalized spacial score (nSPS) is 11.4. The largest absolute Gasteiger partial charge is 0.506 e. The predicted molar refractivity (Wildman–Crippen MR) is 102 cm³/mol. The van der Waals surface area contributed by atoms with Crippen LogP contribution in [0.4, 0.5) is 0 Å². The van der Waals surface area contributed by atoms with Crippen LogP contribution in [0.15, 0.2) is 33.4 Å². The number of hydrogen-bond donors (Lipinski definition) is 3. The smallest absolute Gasteiger partial charge is 0.322 e. The van der Waals surface area contributed by atoms with Crippen LogP contribution in [0.3, 0.4) is 0 Å². The van der Waals surface area contributed by atoms with Crippen LogP contribution in [0.2, 0.25) is 0 Å². The molecular formula is C17H18N2O5S2. The molecule has 0 bridgehead atoms. The zero-order valence-electron chi connectivity index (χ0n) is 14.4. The lowest BCUT2D eigenvalue weighted by Crippen LogP contribution is -2.35. The van der Waals surface area contributed by atoms with Crippen molar-refractivity contribution in [3.63, 3.8) is 0 Å². The number of thiophene rings is 1. The second-order valence-corrected chi connectivity index (χ2v) is 7.40. The zero-order valence-corrected chi connectivity index (χ0v) is 16.0. The fourth-order valence-electron chi connectivity index (χ4n) is 2.20. The highest BCUT2D eigenvalue weighted by molar-refractivity contribution is 8.08. The van der Waals surface area contributed by atoms with E-state index in [4.69, 9.17) is 5.11 Å². The summed E-state index contributed by atoms with van der Waals surface area (Å²) in [5.41, 5.74) is -0.0967. The number of hydrogen-bond acceptors (Lipinski definition) is 6. The van der Waals surface area contributed by atoms with E-state index in [0.29, 0.717) is 4.90 Å². The van der Waals surface area contributed by atoms with Crippen molar-refractivity contribution in [3.8, 4) is 5.75 Å². The summed E-state index contributed by atoms with van der Waals surface area (Å²) in [4.78, 5) is 37.3. The number of allylic oxidation sites excluding steroid dienone is 1. The van der Waals surface area contributed by atoms with E-state index in [-0.39, 0.29) is 0 Å². The highest BCUT2D eigenvalue weighted by atomic mass is 32.2. The number of thioether (sulfide) groups is 1. The Hall–Kier alpha value is -2.52. The molecule has 0 aliphatic heterocycles. The summed E-state index contributed by atoms with van der Waals surface area (Å²) in [5.74, 6) is -2.64. The monoisotopic (exact) mass is 394 g/mol. The Labute approximate surface area is 158 Å². The van der Waals surface area contributed by atoms with E-state index >= 15 is 0 Å². The van der Waals surface area contributed by atoms with Gasteiger partial charge in [0.1, 0.15) is 17.9 Å². The molecule has 0 spiro atoms. The number of amides is 1. The summed E-state index contributed by atoms with van der Waals surface area (Å²) in [6.07, 6.45) is 3.33. The van der Waals surface area contributed by atoms with Crippen molar-refractivity contribution in [3.05, 3.63) is 50.1 Å². The first-order valence-corrected chi connectivity index (χ1v) is 9.27. The van der Waals surface area contributed by atoms with Crippen molar-refractivity contribution in [2.24, 2.45) is 7.05 Å². The minimum atomic E-state index is -1.25. The van der Waals surface area contributed by atoms with Gasteiger partial charge in [-0.3, -0.25) is 14.4 Å². The molecule has 7 nitrogen and oxygen atoms in total. The van der Waals surface area contributed by atoms with E-state index in [0.717, 1.165) is 15.3 Å². The highest BCUT2D eigenvalue weighted by Crippen LogP contribution is 2.41. The molecule has 0 aromatic carbocycles. The Kier molecular flexibility index (Phi) is 6.27. The number of carbonyl (C=O) groups is 2. The van der Waals surface area contributed by atoms with Gasteiger partial charge in [0.25, 0.3) is 11.5 Å². The van der Waals surface area contributed by atoms with Gasteiger partial charge >= 0.3 is 5.97 Å². The quantitative estimate of drug-likeness (QED) is 0.650. The summed E-state index contributed by atoms with van der Waals surface area (Å²) in [5, 5.41) is 23.2. The van der Waals surface area contributed by atoms with E-state index in [9.17, 15) is 19.5 Å². The van der Waals surface area contributed by atoms with Crippen molar-refractivity contribution in [2.75, 3.05) is 6.54 Å². The van der Waals surface area contributed by atoms with E-state index in [1.807, 2.05) is 31.4 Å². The summed E-state index contributed by atoms with van der Waals surface area (Å²) >= 11 is 2.78. The van der Waals surface area contributed by atoms with Gasteiger partial charge in [0.05, 0.1) is 4.90 Å². The van der Waals surface area contributed by atoms with E-state index < -0.39 is 35.3 Å². The van der Waals surface area contributed by atoms with Crippen LogP contribution < -0.4 is 10.9 Å². The minimum Gasteiger partial charge on any atom is -0.506 e. The second kappa shape index (κ2) is 8.24. The standard InChI is InChI=1S/C17H18N2O5S2/c1-4-10(15-9(2)5-6-25-15)26-11-8-19(3)17(24)13(14(11)22)16(23)18-7-12(20)21/h4-6,8,22H,7H2,1-3H3,(H,18,23)(H,20,21)/b10-4-. The van der Waals surface area contributed by atoms with Gasteiger partial charge in [-0.25, -0.2) is 0 Å². The number of carboxylic acid groups (broad SMARTS) is 1. The number of pyridine rings is 1. The topological polar surface area (TPSA) is 109 Å². The molecule has 0 saturated carbocycles. The predicted octanol–water partition coefficient (Wildman–Crippen LogP) is 2.43. The Bertz CT molecular complexity index is 943. The maximum atomic E-state index is 12.2. The van der Waals surface area contributed by atoms with Crippen LogP contribution in [0.1, 0.15) is 27.7 Å². The first kappa shape index (κ1) is 19.8. The van der Waals surface area contributed by atoms with E-state index in [1.54, 1.807) is 11.3 Å². The SMILES string of the molecule is C/C=C(\Sc1cn(C)c(=O)c(C(=O)NCC(=O)O)c1O)c1sccc1C. The fourth-order valence-corrected chi connectivity index (χ4v) is 4.38. The van der Waals surface area contributed by atoms with E-state index in [2.05, 4.69) is 5.32 Å². The lowest BCUT2D eigenvalue weighted by Gasteiger charge is -2.13. The Morgan fingerprint density at radius 3 is 2.65 bits per heavy atom. The average Bonchev–Trinajstić information content (AvgIpc) is 3.01.